The Morgan fingerprint density at radius 2 is 2.15 bits per heavy atom. The number of hydrogen-bond donors (Lipinski definition) is 1. The van der Waals surface area contributed by atoms with Crippen LogP contribution in [0.15, 0.2) is 6.20 Å². The smallest absolute Gasteiger partial charge is 0.220 e. The second kappa shape index (κ2) is 6.35. The molecule has 1 aromatic heterocycles. The summed E-state index contributed by atoms with van der Waals surface area (Å²) < 4.78 is 7.94. The summed E-state index contributed by atoms with van der Waals surface area (Å²) in [4.78, 5) is 11.9. The van der Waals surface area contributed by atoms with Crippen LogP contribution in [0, 0.1) is 0 Å². The largest absolute Gasteiger partial charge is 0.370 e. The van der Waals surface area contributed by atoms with E-state index in [-0.39, 0.29) is 18.1 Å². The normalized spacial score (nSPS) is 28.5. The predicted molar refractivity (Wildman–Crippen MR) is 72.8 cm³/mol. The minimum absolute atomic E-state index is 0.121. The lowest BCUT2D eigenvalue weighted by Crippen LogP contribution is -2.46. The predicted octanol–water partition coefficient (Wildman–Crippen LogP) is 1.41. The monoisotopic (exact) mass is 278 g/mol. The summed E-state index contributed by atoms with van der Waals surface area (Å²) in [6, 6.07) is 0.167. The van der Waals surface area contributed by atoms with Crippen LogP contribution in [0.2, 0.25) is 0 Å². The Bertz CT molecular complexity index is 460. The molecule has 2 heterocycles. The lowest BCUT2D eigenvalue weighted by Gasteiger charge is -2.32. The molecule has 1 saturated carbocycles. The maximum Gasteiger partial charge on any atom is 0.220 e. The Kier molecular flexibility index (Phi) is 4.30. The number of nitrogens with one attached hydrogen (secondary N) is 1. The van der Waals surface area contributed by atoms with E-state index in [1.165, 1.54) is 12.8 Å². The van der Waals surface area contributed by atoms with E-state index < -0.39 is 0 Å². The van der Waals surface area contributed by atoms with Gasteiger partial charge in [0.25, 0.3) is 0 Å². The number of nitrogens with zero attached hydrogens (tertiary/aromatic N) is 3. The number of aryl methyl sites for hydroxylation is 1. The number of ether oxygens (including phenoxy) is 1. The van der Waals surface area contributed by atoms with Crippen molar-refractivity contribution in [2.75, 3.05) is 0 Å². The SMILES string of the molecule is O=C1CCCCn2nncc2CO[C@@H]2CCCC[C@@H]2N1. The first-order valence-corrected chi connectivity index (χ1v) is 7.61. The van der Waals surface area contributed by atoms with E-state index in [1.54, 1.807) is 6.20 Å². The van der Waals surface area contributed by atoms with Gasteiger partial charge in [0, 0.05) is 13.0 Å². The van der Waals surface area contributed by atoms with Crippen LogP contribution in [0.5, 0.6) is 0 Å². The summed E-state index contributed by atoms with van der Waals surface area (Å²) >= 11 is 0. The fourth-order valence-corrected chi connectivity index (χ4v) is 3.06. The number of amides is 1. The van der Waals surface area contributed by atoms with Crippen molar-refractivity contribution in [3.8, 4) is 0 Å². The molecule has 1 amide bonds. The lowest BCUT2D eigenvalue weighted by molar-refractivity contribution is -0.124. The van der Waals surface area contributed by atoms with Crippen molar-refractivity contribution in [2.24, 2.45) is 0 Å². The highest BCUT2D eigenvalue weighted by molar-refractivity contribution is 5.76. The molecule has 0 radical (unpaired) electrons. The van der Waals surface area contributed by atoms with Gasteiger partial charge in [0.05, 0.1) is 30.6 Å². The summed E-state index contributed by atoms with van der Waals surface area (Å²) in [5.41, 5.74) is 1.03. The van der Waals surface area contributed by atoms with Crippen molar-refractivity contribution in [1.29, 1.82) is 0 Å². The molecule has 0 unspecified atom stereocenters. The number of rotatable bonds is 0. The molecule has 2 atom stereocenters. The zero-order chi connectivity index (χ0) is 13.8. The first kappa shape index (κ1) is 13.5. The van der Waals surface area contributed by atoms with Crippen molar-refractivity contribution in [1.82, 2.24) is 20.3 Å². The second-order valence-electron chi connectivity index (χ2n) is 5.71. The maximum absolute atomic E-state index is 11.9. The molecule has 20 heavy (non-hydrogen) atoms. The standard InChI is InChI=1S/C14H22N4O2/c19-14-7-3-4-8-18-11(9-15-17-18)10-20-13-6-2-1-5-12(13)16-14/h9,12-13H,1-8,10H2,(H,16,19)/t12-,13+/m0/s1. The van der Waals surface area contributed by atoms with Gasteiger partial charge >= 0.3 is 0 Å². The van der Waals surface area contributed by atoms with Crippen LogP contribution in [0.25, 0.3) is 0 Å². The summed E-state index contributed by atoms with van der Waals surface area (Å²) in [5.74, 6) is 0.157. The number of fused-ring (bicyclic) bond motifs is 2. The first-order chi connectivity index (χ1) is 9.83. The Hall–Kier alpha value is -1.43. The van der Waals surface area contributed by atoms with E-state index >= 15 is 0 Å². The quantitative estimate of drug-likeness (QED) is 0.779. The zero-order valence-corrected chi connectivity index (χ0v) is 11.8. The zero-order valence-electron chi connectivity index (χ0n) is 11.8. The van der Waals surface area contributed by atoms with Crippen molar-refractivity contribution < 1.29 is 9.53 Å². The molecular formula is C14H22N4O2. The molecule has 0 saturated heterocycles. The van der Waals surface area contributed by atoms with Crippen LogP contribution in [0.3, 0.4) is 0 Å². The van der Waals surface area contributed by atoms with Crippen molar-refractivity contribution in [3.63, 3.8) is 0 Å². The maximum atomic E-state index is 11.9. The summed E-state index contributed by atoms with van der Waals surface area (Å²) in [7, 11) is 0. The molecule has 0 aromatic carbocycles. The molecule has 0 spiro atoms. The van der Waals surface area contributed by atoms with Gasteiger partial charge in [-0.1, -0.05) is 18.1 Å². The molecule has 6 nitrogen and oxygen atoms in total. The molecular weight excluding hydrogens is 256 g/mol. The molecule has 1 N–H and O–H groups in total. The Morgan fingerprint density at radius 3 is 3.10 bits per heavy atom. The van der Waals surface area contributed by atoms with Gasteiger partial charge in [0.15, 0.2) is 0 Å². The lowest BCUT2D eigenvalue weighted by atomic mass is 9.92. The molecule has 3 rings (SSSR count). The van der Waals surface area contributed by atoms with Crippen LogP contribution in [-0.2, 0) is 22.7 Å². The van der Waals surface area contributed by atoms with Crippen LogP contribution >= 0.6 is 0 Å². The molecule has 0 bridgehead atoms. The third-order valence-corrected chi connectivity index (χ3v) is 4.22. The van der Waals surface area contributed by atoms with E-state index in [0.717, 1.165) is 37.9 Å². The Balaban J connectivity index is 1.73. The second-order valence-corrected chi connectivity index (χ2v) is 5.71. The minimum Gasteiger partial charge on any atom is -0.370 e. The van der Waals surface area contributed by atoms with Gasteiger partial charge in [-0.25, -0.2) is 4.68 Å². The highest BCUT2D eigenvalue weighted by atomic mass is 16.5. The van der Waals surface area contributed by atoms with Crippen molar-refractivity contribution >= 4 is 5.91 Å². The van der Waals surface area contributed by atoms with Crippen LogP contribution in [0.1, 0.15) is 50.6 Å². The first-order valence-electron chi connectivity index (χ1n) is 7.61. The van der Waals surface area contributed by atoms with E-state index in [9.17, 15) is 4.79 Å². The molecule has 6 heteroatoms. The fraction of sp³-hybridized carbons (Fsp3) is 0.786. The average Bonchev–Trinajstić information content (AvgIpc) is 2.89. The van der Waals surface area contributed by atoms with Crippen molar-refractivity contribution in [3.05, 3.63) is 11.9 Å². The van der Waals surface area contributed by atoms with Gasteiger partial charge in [-0.2, -0.15) is 0 Å². The molecule has 110 valence electrons. The molecule has 1 aliphatic carbocycles. The third-order valence-electron chi connectivity index (χ3n) is 4.22. The number of aromatic nitrogens is 3. The summed E-state index contributed by atoms with van der Waals surface area (Å²) in [6.45, 7) is 1.34. The fourth-order valence-electron chi connectivity index (χ4n) is 3.06. The van der Waals surface area contributed by atoms with Gasteiger partial charge in [-0.05, 0) is 25.7 Å². The number of hydrogen-bond acceptors (Lipinski definition) is 4. The van der Waals surface area contributed by atoms with Crippen LogP contribution in [0.4, 0.5) is 0 Å². The number of carbonyl (C=O) groups excluding carboxylic acids is 1. The topological polar surface area (TPSA) is 69.0 Å². The van der Waals surface area contributed by atoms with Gasteiger partial charge in [0.2, 0.25) is 5.91 Å². The Labute approximate surface area is 118 Å². The number of carbonyl (C=O) groups is 1. The summed E-state index contributed by atoms with van der Waals surface area (Å²) in [6.07, 6.45) is 8.71. The van der Waals surface area contributed by atoms with E-state index in [4.69, 9.17) is 4.74 Å². The highest BCUT2D eigenvalue weighted by Crippen LogP contribution is 2.23. The van der Waals surface area contributed by atoms with E-state index in [1.807, 2.05) is 4.68 Å². The van der Waals surface area contributed by atoms with Crippen LogP contribution < -0.4 is 5.32 Å². The Morgan fingerprint density at radius 1 is 1.25 bits per heavy atom. The van der Waals surface area contributed by atoms with E-state index in [2.05, 4.69) is 15.6 Å². The summed E-state index contributed by atoms with van der Waals surface area (Å²) in [5, 5.41) is 11.2. The van der Waals surface area contributed by atoms with Gasteiger partial charge in [0.1, 0.15) is 0 Å². The molecule has 1 aromatic rings. The average molecular weight is 278 g/mol. The third kappa shape index (κ3) is 3.17. The molecule has 2 aliphatic rings. The highest BCUT2D eigenvalue weighted by Gasteiger charge is 2.27. The molecule has 1 aliphatic heterocycles. The van der Waals surface area contributed by atoms with Gasteiger partial charge in [-0.15, -0.1) is 5.10 Å². The van der Waals surface area contributed by atoms with Crippen LogP contribution in [-0.4, -0.2) is 33.0 Å². The minimum atomic E-state index is 0.121. The van der Waals surface area contributed by atoms with Crippen molar-refractivity contribution in [2.45, 2.75) is 70.2 Å². The van der Waals surface area contributed by atoms with E-state index in [0.29, 0.717) is 13.0 Å². The molecule has 1 fully saturated rings. The van der Waals surface area contributed by atoms with Gasteiger partial charge in [-0.3, -0.25) is 4.79 Å². The van der Waals surface area contributed by atoms with Gasteiger partial charge < -0.3 is 10.1 Å².